The van der Waals surface area contributed by atoms with Crippen LogP contribution < -0.4 is 0 Å². The lowest BCUT2D eigenvalue weighted by Gasteiger charge is -2.34. The Morgan fingerprint density at radius 1 is 1.27 bits per heavy atom. The second-order valence-electron chi connectivity index (χ2n) is 7.22. The van der Waals surface area contributed by atoms with E-state index in [0.29, 0.717) is 6.54 Å². The highest BCUT2D eigenvalue weighted by Gasteiger charge is 2.29. The molecule has 2 aromatic heterocycles. The number of carbonyl (C=O) groups excluding carboxylic acids is 1. The molecule has 0 saturated carbocycles. The quantitative estimate of drug-likeness (QED) is 0.837. The van der Waals surface area contributed by atoms with E-state index in [9.17, 15) is 4.79 Å². The van der Waals surface area contributed by atoms with E-state index in [1.807, 2.05) is 26.8 Å². The molecule has 0 aliphatic carbocycles. The van der Waals surface area contributed by atoms with Crippen LogP contribution in [0.1, 0.15) is 48.3 Å². The number of likely N-dealkylation sites (tertiary alicyclic amines) is 1. The number of likely N-dealkylation sites (N-methyl/N-ethyl adjacent to an activating group) is 1. The number of piperidine rings is 1. The van der Waals surface area contributed by atoms with Gasteiger partial charge in [-0.25, -0.2) is 9.97 Å². The Balaban J connectivity index is 1.95. The average molecular weight is 357 g/mol. The van der Waals surface area contributed by atoms with Gasteiger partial charge in [0.05, 0.1) is 29.5 Å². The summed E-state index contributed by atoms with van der Waals surface area (Å²) in [5, 5.41) is 4.04. The zero-order valence-corrected chi connectivity index (χ0v) is 16.2. The molecule has 0 bridgehead atoms. The highest BCUT2D eigenvalue weighted by Crippen LogP contribution is 2.31. The standard InChI is InChI=1S/C19H27N5O2/c1-12-10-15(18-13(2)22-26-14(18)3)21-19(20-12)16-8-6-7-9-24(16)11-17(25)23(4)5/h10,16H,6-9,11H2,1-5H3/t16-/m0/s1. The molecule has 2 aromatic rings. The van der Waals surface area contributed by atoms with Gasteiger partial charge in [0, 0.05) is 19.8 Å². The van der Waals surface area contributed by atoms with Crippen molar-refractivity contribution >= 4 is 5.91 Å². The SMILES string of the molecule is Cc1cc(-c2c(C)noc2C)nc([C@@H]2CCCCN2CC(=O)N(C)C)n1. The number of amides is 1. The zero-order chi connectivity index (χ0) is 18.8. The van der Waals surface area contributed by atoms with Crippen molar-refractivity contribution < 1.29 is 9.32 Å². The first-order valence-electron chi connectivity index (χ1n) is 9.10. The molecule has 7 heteroatoms. The maximum Gasteiger partial charge on any atom is 0.236 e. The van der Waals surface area contributed by atoms with Crippen molar-refractivity contribution in [3.8, 4) is 11.3 Å². The van der Waals surface area contributed by atoms with Crippen LogP contribution in [0.2, 0.25) is 0 Å². The summed E-state index contributed by atoms with van der Waals surface area (Å²) in [6, 6.07) is 2.03. The summed E-state index contributed by atoms with van der Waals surface area (Å²) < 4.78 is 5.30. The minimum absolute atomic E-state index is 0.0618. The normalized spacial score (nSPS) is 18.1. The Bertz CT molecular complexity index is 780. The van der Waals surface area contributed by atoms with Crippen LogP contribution in [0.15, 0.2) is 10.6 Å². The number of rotatable bonds is 4. The highest BCUT2D eigenvalue weighted by atomic mass is 16.5. The van der Waals surface area contributed by atoms with Gasteiger partial charge in [0.1, 0.15) is 11.6 Å². The number of hydrogen-bond acceptors (Lipinski definition) is 6. The van der Waals surface area contributed by atoms with Gasteiger partial charge in [-0.3, -0.25) is 9.69 Å². The minimum Gasteiger partial charge on any atom is -0.361 e. The Labute approximate surface area is 154 Å². The minimum atomic E-state index is 0.0618. The van der Waals surface area contributed by atoms with Crippen molar-refractivity contribution in [3.05, 3.63) is 29.0 Å². The molecule has 1 aliphatic heterocycles. The van der Waals surface area contributed by atoms with E-state index in [4.69, 9.17) is 14.5 Å². The van der Waals surface area contributed by atoms with Gasteiger partial charge in [0.2, 0.25) is 5.91 Å². The molecule has 0 spiro atoms. The molecule has 1 fully saturated rings. The first-order valence-corrected chi connectivity index (χ1v) is 9.10. The van der Waals surface area contributed by atoms with E-state index < -0.39 is 0 Å². The molecule has 1 saturated heterocycles. The van der Waals surface area contributed by atoms with Crippen LogP contribution in [0.25, 0.3) is 11.3 Å². The highest BCUT2D eigenvalue weighted by molar-refractivity contribution is 5.77. The molecule has 26 heavy (non-hydrogen) atoms. The van der Waals surface area contributed by atoms with E-state index in [-0.39, 0.29) is 11.9 Å². The molecule has 0 N–H and O–H groups in total. The van der Waals surface area contributed by atoms with Crippen LogP contribution in [0, 0.1) is 20.8 Å². The van der Waals surface area contributed by atoms with Gasteiger partial charge in [-0.15, -0.1) is 0 Å². The predicted octanol–water partition coefficient (Wildman–Crippen LogP) is 2.67. The Kier molecular flexibility index (Phi) is 5.36. The third-order valence-electron chi connectivity index (χ3n) is 4.91. The Morgan fingerprint density at radius 3 is 2.69 bits per heavy atom. The molecule has 1 aliphatic rings. The van der Waals surface area contributed by atoms with Crippen LogP contribution in [0.4, 0.5) is 0 Å². The van der Waals surface area contributed by atoms with Crippen LogP contribution in [-0.4, -0.2) is 58.0 Å². The van der Waals surface area contributed by atoms with Gasteiger partial charge in [-0.2, -0.15) is 0 Å². The van der Waals surface area contributed by atoms with Crippen molar-refractivity contribution in [1.82, 2.24) is 24.9 Å². The predicted molar refractivity (Wildman–Crippen MR) is 98.6 cm³/mol. The van der Waals surface area contributed by atoms with Crippen LogP contribution in [0.3, 0.4) is 0 Å². The second-order valence-corrected chi connectivity index (χ2v) is 7.22. The van der Waals surface area contributed by atoms with E-state index in [0.717, 1.165) is 60.0 Å². The van der Waals surface area contributed by atoms with Crippen molar-refractivity contribution in [1.29, 1.82) is 0 Å². The molecular formula is C19H27N5O2. The number of carbonyl (C=O) groups is 1. The van der Waals surface area contributed by atoms with E-state index >= 15 is 0 Å². The molecule has 0 unspecified atom stereocenters. The summed E-state index contributed by atoms with van der Waals surface area (Å²) >= 11 is 0. The largest absolute Gasteiger partial charge is 0.361 e. The molecule has 1 atom stereocenters. The van der Waals surface area contributed by atoms with Crippen LogP contribution >= 0.6 is 0 Å². The van der Waals surface area contributed by atoms with Crippen molar-refractivity contribution in [2.75, 3.05) is 27.2 Å². The molecule has 3 heterocycles. The van der Waals surface area contributed by atoms with Crippen molar-refractivity contribution in [2.24, 2.45) is 0 Å². The lowest BCUT2D eigenvalue weighted by Crippen LogP contribution is -2.41. The molecule has 7 nitrogen and oxygen atoms in total. The lowest BCUT2D eigenvalue weighted by atomic mass is 10.0. The molecule has 1 amide bonds. The van der Waals surface area contributed by atoms with E-state index in [1.54, 1.807) is 19.0 Å². The first kappa shape index (κ1) is 18.5. The lowest BCUT2D eigenvalue weighted by molar-refractivity contribution is -0.130. The third-order valence-corrected chi connectivity index (χ3v) is 4.91. The maximum atomic E-state index is 12.2. The number of hydrogen-bond donors (Lipinski definition) is 0. The van der Waals surface area contributed by atoms with Gasteiger partial charge in [0.15, 0.2) is 0 Å². The first-order chi connectivity index (χ1) is 12.4. The maximum absolute atomic E-state index is 12.2. The zero-order valence-electron chi connectivity index (χ0n) is 16.2. The smallest absolute Gasteiger partial charge is 0.236 e. The van der Waals surface area contributed by atoms with Gasteiger partial charge in [0.25, 0.3) is 0 Å². The summed E-state index contributed by atoms with van der Waals surface area (Å²) in [7, 11) is 3.58. The number of aryl methyl sites for hydroxylation is 3. The van der Waals surface area contributed by atoms with E-state index in [2.05, 4.69) is 10.1 Å². The van der Waals surface area contributed by atoms with Gasteiger partial charge in [-0.1, -0.05) is 11.6 Å². The summed E-state index contributed by atoms with van der Waals surface area (Å²) in [4.78, 5) is 25.6. The average Bonchev–Trinajstić information content (AvgIpc) is 2.93. The fourth-order valence-electron chi connectivity index (χ4n) is 3.51. The fraction of sp³-hybridized carbons (Fsp3) is 0.579. The van der Waals surface area contributed by atoms with Crippen LogP contribution in [-0.2, 0) is 4.79 Å². The molecule has 0 aromatic carbocycles. The topological polar surface area (TPSA) is 75.4 Å². The molecule has 0 radical (unpaired) electrons. The third kappa shape index (κ3) is 3.77. The van der Waals surface area contributed by atoms with Gasteiger partial charge >= 0.3 is 0 Å². The molecular weight excluding hydrogens is 330 g/mol. The summed E-state index contributed by atoms with van der Waals surface area (Å²) in [5.41, 5.74) is 3.51. The summed E-state index contributed by atoms with van der Waals surface area (Å²) in [6.45, 7) is 7.09. The molecule has 140 valence electrons. The van der Waals surface area contributed by atoms with Crippen LogP contribution in [0.5, 0.6) is 0 Å². The number of nitrogens with zero attached hydrogens (tertiary/aromatic N) is 5. The molecule has 3 rings (SSSR count). The monoisotopic (exact) mass is 357 g/mol. The fourth-order valence-corrected chi connectivity index (χ4v) is 3.51. The number of aromatic nitrogens is 3. The van der Waals surface area contributed by atoms with E-state index in [1.165, 1.54) is 0 Å². The summed E-state index contributed by atoms with van der Waals surface area (Å²) in [6.07, 6.45) is 3.18. The van der Waals surface area contributed by atoms with Gasteiger partial charge in [-0.05, 0) is 46.2 Å². The van der Waals surface area contributed by atoms with Gasteiger partial charge < -0.3 is 9.42 Å². The van der Waals surface area contributed by atoms with Crippen molar-refractivity contribution in [3.63, 3.8) is 0 Å². The Hall–Kier alpha value is -2.28. The summed E-state index contributed by atoms with van der Waals surface area (Å²) in [5.74, 6) is 1.65. The Morgan fingerprint density at radius 2 is 2.04 bits per heavy atom. The van der Waals surface area contributed by atoms with Crippen molar-refractivity contribution in [2.45, 2.75) is 46.1 Å². The second kappa shape index (κ2) is 7.53.